The summed E-state index contributed by atoms with van der Waals surface area (Å²) in [6, 6.07) is 6.88. The first kappa shape index (κ1) is 16.8. The van der Waals surface area contributed by atoms with Crippen molar-refractivity contribution >= 4 is 23.3 Å². The van der Waals surface area contributed by atoms with Gasteiger partial charge in [-0.25, -0.2) is 0 Å². The van der Waals surface area contributed by atoms with E-state index in [1.807, 2.05) is 19.9 Å². The van der Waals surface area contributed by atoms with Crippen LogP contribution in [0, 0.1) is 25.2 Å². The van der Waals surface area contributed by atoms with Crippen molar-refractivity contribution in [3.8, 4) is 6.07 Å². The number of carbonyl (C=O) groups excluding carboxylic acids is 1. The molecule has 128 valence electrons. The largest absolute Gasteiger partial charge is 0.454 e. The van der Waals surface area contributed by atoms with Crippen LogP contribution in [0.1, 0.15) is 27.7 Å². The minimum absolute atomic E-state index is 0.117. The molecule has 1 N–H and O–H groups in total. The lowest BCUT2D eigenvalue weighted by Crippen LogP contribution is -2.12. The Morgan fingerprint density at radius 1 is 1.36 bits per heavy atom. The molecule has 0 bridgehead atoms. The molecule has 0 fully saturated rings. The summed E-state index contributed by atoms with van der Waals surface area (Å²) in [5.41, 5.74) is 1.58. The normalized spacial score (nSPS) is 10.6. The summed E-state index contributed by atoms with van der Waals surface area (Å²) in [5.74, 6) is 0.684. The predicted molar refractivity (Wildman–Crippen MR) is 90.3 cm³/mol. The SMILES string of the molecule is Cc1nn(Cc2ccc(C(=O)Nc3ccn(CC#N)n3)o2)c(C)c1Cl. The fourth-order valence-electron chi connectivity index (χ4n) is 2.33. The number of amides is 1. The third-order valence-corrected chi connectivity index (χ3v) is 4.15. The van der Waals surface area contributed by atoms with Crippen molar-refractivity contribution in [2.24, 2.45) is 0 Å². The van der Waals surface area contributed by atoms with E-state index in [1.54, 1.807) is 29.1 Å². The number of carbonyl (C=O) groups is 1. The number of anilines is 1. The Hall–Kier alpha value is -3.05. The van der Waals surface area contributed by atoms with Gasteiger partial charge in [-0.15, -0.1) is 0 Å². The zero-order chi connectivity index (χ0) is 18.0. The summed E-state index contributed by atoms with van der Waals surface area (Å²) in [6.45, 7) is 4.20. The quantitative estimate of drug-likeness (QED) is 0.755. The first-order chi connectivity index (χ1) is 12.0. The van der Waals surface area contributed by atoms with Crippen molar-refractivity contribution in [2.75, 3.05) is 5.32 Å². The van der Waals surface area contributed by atoms with Crippen molar-refractivity contribution in [3.63, 3.8) is 0 Å². The van der Waals surface area contributed by atoms with Crippen LogP contribution in [0.3, 0.4) is 0 Å². The lowest BCUT2D eigenvalue weighted by Gasteiger charge is -2.02. The number of hydrogen-bond acceptors (Lipinski definition) is 5. The lowest BCUT2D eigenvalue weighted by atomic mass is 10.4. The van der Waals surface area contributed by atoms with Crippen LogP contribution in [0.4, 0.5) is 5.82 Å². The Kier molecular flexibility index (Phi) is 4.59. The molecule has 3 aromatic heterocycles. The van der Waals surface area contributed by atoms with Crippen LogP contribution < -0.4 is 5.32 Å². The highest BCUT2D eigenvalue weighted by Gasteiger charge is 2.15. The summed E-state index contributed by atoms with van der Waals surface area (Å²) >= 11 is 6.13. The van der Waals surface area contributed by atoms with Crippen LogP contribution in [0.15, 0.2) is 28.8 Å². The van der Waals surface area contributed by atoms with E-state index in [9.17, 15) is 4.79 Å². The average Bonchev–Trinajstić information content (AvgIpc) is 3.27. The minimum Gasteiger partial charge on any atom is -0.454 e. The van der Waals surface area contributed by atoms with Gasteiger partial charge in [-0.3, -0.25) is 14.2 Å². The maximum Gasteiger partial charge on any atom is 0.292 e. The van der Waals surface area contributed by atoms with E-state index >= 15 is 0 Å². The van der Waals surface area contributed by atoms with E-state index in [2.05, 4.69) is 15.5 Å². The van der Waals surface area contributed by atoms with Crippen molar-refractivity contribution in [3.05, 3.63) is 52.3 Å². The Morgan fingerprint density at radius 2 is 2.16 bits per heavy atom. The number of halogens is 1. The molecule has 0 atom stereocenters. The van der Waals surface area contributed by atoms with Gasteiger partial charge in [-0.2, -0.15) is 15.5 Å². The summed E-state index contributed by atoms with van der Waals surface area (Å²) in [7, 11) is 0. The number of nitrogens with zero attached hydrogens (tertiary/aromatic N) is 5. The van der Waals surface area contributed by atoms with E-state index in [1.165, 1.54) is 4.68 Å². The fraction of sp³-hybridized carbons (Fsp3) is 0.250. The summed E-state index contributed by atoms with van der Waals surface area (Å²) in [5, 5.41) is 20.3. The molecule has 0 unspecified atom stereocenters. The summed E-state index contributed by atoms with van der Waals surface area (Å²) in [6.07, 6.45) is 1.61. The van der Waals surface area contributed by atoms with Gasteiger partial charge in [0.25, 0.3) is 5.91 Å². The van der Waals surface area contributed by atoms with Crippen LogP contribution in [-0.4, -0.2) is 25.5 Å². The summed E-state index contributed by atoms with van der Waals surface area (Å²) < 4.78 is 8.73. The molecule has 0 spiro atoms. The molecule has 0 aliphatic heterocycles. The molecule has 3 rings (SSSR count). The third kappa shape index (κ3) is 3.56. The third-order valence-electron chi connectivity index (χ3n) is 3.60. The van der Waals surface area contributed by atoms with E-state index in [0.717, 1.165) is 11.4 Å². The van der Waals surface area contributed by atoms with Gasteiger partial charge < -0.3 is 9.73 Å². The van der Waals surface area contributed by atoms with Crippen LogP contribution in [0.25, 0.3) is 0 Å². The monoisotopic (exact) mass is 358 g/mol. The molecule has 0 saturated carbocycles. The van der Waals surface area contributed by atoms with E-state index in [-0.39, 0.29) is 12.3 Å². The minimum atomic E-state index is -0.417. The number of nitrogens with one attached hydrogen (secondary N) is 1. The van der Waals surface area contributed by atoms with Gasteiger partial charge >= 0.3 is 0 Å². The maximum atomic E-state index is 12.2. The molecule has 9 heteroatoms. The van der Waals surface area contributed by atoms with Crippen molar-refractivity contribution in [1.29, 1.82) is 5.26 Å². The number of hydrogen-bond donors (Lipinski definition) is 1. The maximum absolute atomic E-state index is 12.2. The highest BCUT2D eigenvalue weighted by Crippen LogP contribution is 2.20. The zero-order valence-corrected chi connectivity index (χ0v) is 14.4. The van der Waals surface area contributed by atoms with Gasteiger partial charge in [-0.05, 0) is 26.0 Å². The molecule has 8 nitrogen and oxygen atoms in total. The van der Waals surface area contributed by atoms with Gasteiger partial charge in [0.05, 0.1) is 29.0 Å². The zero-order valence-electron chi connectivity index (χ0n) is 13.7. The molecule has 0 aliphatic carbocycles. The molecule has 25 heavy (non-hydrogen) atoms. The lowest BCUT2D eigenvalue weighted by molar-refractivity contribution is 0.0994. The first-order valence-corrected chi connectivity index (χ1v) is 7.85. The van der Waals surface area contributed by atoms with Gasteiger partial charge in [0.15, 0.2) is 11.6 Å². The molecule has 3 heterocycles. The van der Waals surface area contributed by atoms with Crippen molar-refractivity contribution < 1.29 is 9.21 Å². The molecule has 3 aromatic rings. The highest BCUT2D eigenvalue weighted by atomic mass is 35.5. The second-order valence-electron chi connectivity index (χ2n) is 5.42. The standard InChI is InChI=1S/C16H15ClN6O2/c1-10-15(17)11(2)23(20-10)9-12-3-4-13(25-12)16(24)19-14-5-7-22(21-14)8-6-18/h3-5,7H,8-9H2,1-2H3,(H,19,21,24). The van der Waals surface area contributed by atoms with Crippen LogP contribution in [0.2, 0.25) is 5.02 Å². The Labute approximate surface area is 148 Å². The van der Waals surface area contributed by atoms with Gasteiger partial charge in [0.2, 0.25) is 0 Å². The number of nitriles is 1. The number of aryl methyl sites for hydroxylation is 1. The molecule has 0 saturated heterocycles. The smallest absolute Gasteiger partial charge is 0.292 e. The molecule has 0 aromatic carbocycles. The fourth-order valence-corrected chi connectivity index (χ4v) is 2.46. The topological polar surface area (TPSA) is 102 Å². The Bertz CT molecular complexity index is 962. The second-order valence-corrected chi connectivity index (χ2v) is 5.80. The second kappa shape index (κ2) is 6.83. The number of aromatic nitrogens is 4. The predicted octanol–water partition coefficient (Wildman–Crippen LogP) is 2.77. The van der Waals surface area contributed by atoms with Gasteiger partial charge in [-0.1, -0.05) is 11.6 Å². The summed E-state index contributed by atoms with van der Waals surface area (Å²) in [4.78, 5) is 12.2. The first-order valence-electron chi connectivity index (χ1n) is 7.48. The molecular formula is C16H15ClN6O2. The Morgan fingerprint density at radius 3 is 2.84 bits per heavy atom. The molecule has 0 aliphatic rings. The van der Waals surface area contributed by atoms with Crippen LogP contribution in [-0.2, 0) is 13.1 Å². The van der Waals surface area contributed by atoms with E-state index in [4.69, 9.17) is 21.3 Å². The van der Waals surface area contributed by atoms with Crippen molar-refractivity contribution in [1.82, 2.24) is 19.6 Å². The number of rotatable bonds is 5. The Balaban J connectivity index is 1.68. The van der Waals surface area contributed by atoms with Gasteiger partial charge in [0, 0.05) is 12.3 Å². The van der Waals surface area contributed by atoms with E-state index < -0.39 is 5.91 Å². The van der Waals surface area contributed by atoms with Gasteiger partial charge in [0.1, 0.15) is 12.3 Å². The van der Waals surface area contributed by atoms with Crippen molar-refractivity contribution in [2.45, 2.75) is 26.9 Å². The molecule has 0 radical (unpaired) electrons. The number of furan rings is 1. The van der Waals surface area contributed by atoms with E-state index in [0.29, 0.717) is 23.1 Å². The van der Waals surface area contributed by atoms with Crippen LogP contribution >= 0.6 is 11.6 Å². The average molecular weight is 359 g/mol. The molecular weight excluding hydrogens is 344 g/mol. The van der Waals surface area contributed by atoms with Crippen LogP contribution in [0.5, 0.6) is 0 Å². The highest BCUT2D eigenvalue weighted by molar-refractivity contribution is 6.31. The molecule has 1 amide bonds.